The fourth-order valence-corrected chi connectivity index (χ4v) is 3.53. The third kappa shape index (κ3) is 3.35. The van der Waals surface area contributed by atoms with Crippen molar-refractivity contribution in [3.8, 4) is 5.75 Å². The van der Waals surface area contributed by atoms with Crippen molar-refractivity contribution < 1.29 is 14.6 Å². The summed E-state index contributed by atoms with van der Waals surface area (Å²) in [6.07, 6.45) is 6.36. The Bertz CT molecular complexity index is 477. The first-order valence-corrected chi connectivity index (χ1v) is 7.92. The number of carbonyl (C=O) groups is 1. The maximum Gasteiger partial charge on any atom is 0.309 e. The molecule has 0 amide bonds. The molecule has 0 atom stereocenters. The number of halogens is 1. The van der Waals surface area contributed by atoms with Crippen LogP contribution in [0.4, 0.5) is 0 Å². The van der Waals surface area contributed by atoms with E-state index in [1.165, 1.54) is 0 Å². The number of hydrogen-bond donors (Lipinski definition) is 1. The van der Waals surface area contributed by atoms with Crippen molar-refractivity contribution in [3.05, 3.63) is 28.2 Å². The summed E-state index contributed by atoms with van der Waals surface area (Å²) < 4.78 is 6.34. The van der Waals surface area contributed by atoms with E-state index in [9.17, 15) is 9.90 Å². The summed E-state index contributed by atoms with van der Waals surface area (Å²) in [6, 6.07) is 5.79. The molecular formula is C16H21BrO3. The minimum absolute atomic E-state index is 0.547. The summed E-state index contributed by atoms with van der Waals surface area (Å²) in [7, 11) is 1.63. The van der Waals surface area contributed by atoms with Gasteiger partial charge in [0.1, 0.15) is 5.75 Å². The second-order valence-corrected chi connectivity index (χ2v) is 6.55. The van der Waals surface area contributed by atoms with E-state index >= 15 is 0 Å². The quantitative estimate of drug-likeness (QED) is 0.825. The van der Waals surface area contributed by atoms with Crippen LogP contribution in [0.3, 0.4) is 0 Å². The monoisotopic (exact) mass is 340 g/mol. The van der Waals surface area contributed by atoms with Crippen molar-refractivity contribution in [1.29, 1.82) is 0 Å². The summed E-state index contributed by atoms with van der Waals surface area (Å²) in [4.78, 5) is 11.9. The number of ether oxygens (including phenoxy) is 1. The summed E-state index contributed by atoms with van der Waals surface area (Å²) in [6.45, 7) is 0. The molecule has 0 spiro atoms. The first-order chi connectivity index (χ1) is 9.57. The van der Waals surface area contributed by atoms with Gasteiger partial charge in [-0.15, -0.1) is 0 Å². The van der Waals surface area contributed by atoms with E-state index in [1.807, 2.05) is 18.2 Å². The lowest BCUT2D eigenvalue weighted by molar-refractivity contribution is -0.149. The maximum absolute atomic E-state index is 11.9. The van der Waals surface area contributed by atoms with Crippen molar-refractivity contribution in [1.82, 2.24) is 0 Å². The van der Waals surface area contributed by atoms with Crippen LogP contribution in [0.15, 0.2) is 22.7 Å². The predicted octanol–water partition coefficient (Wildman–Crippen LogP) is 4.43. The number of rotatable bonds is 4. The van der Waals surface area contributed by atoms with Crippen LogP contribution in [-0.4, -0.2) is 18.2 Å². The first kappa shape index (κ1) is 15.4. The van der Waals surface area contributed by atoms with E-state index in [-0.39, 0.29) is 0 Å². The van der Waals surface area contributed by atoms with Crippen molar-refractivity contribution in [3.63, 3.8) is 0 Å². The highest BCUT2D eigenvalue weighted by atomic mass is 79.9. The van der Waals surface area contributed by atoms with Gasteiger partial charge in [-0.3, -0.25) is 4.79 Å². The van der Waals surface area contributed by atoms with Crippen molar-refractivity contribution >= 4 is 21.9 Å². The van der Waals surface area contributed by atoms with E-state index in [2.05, 4.69) is 15.9 Å². The fraction of sp³-hybridized carbons (Fsp3) is 0.562. The van der Waals surface area contributed by atoms with Crippen LogP contribution < -0.4 is 4.74 Å². The molecule has 1 fully saturated rings. The van der Waals surface area contributed by atoms with Gasteiger partial charge in [0.25, 0.3) is 0 Å². The van der Waals surface area contributed by atoms with E-state index in [0.29, 0.717) is 6.42 Å². The van der Waals surface area contributed by atoms with Gasteiger partial charge < -0.3 is 9.84 Å². The molecule has 0 radical (unpaired) electrons. The molecule has 1 aromatic rings. The molecule has 1 saturated carbocycles. The average Bonchev–Trinajstić information content (AvgIpc) is 2.66. The van der Waals surface area contributed by atoms with E-state index in [0.717, 1.165) is 54.3 Å². The molecule has 1 N–H and O–H groups in total. The molecule has 2 rings (SSSR count). The number of hydrogen-bond acceptors (Lipinski definition) is 2. The zero-order valence-corrected chi connectivity index (χ0v) is 13.4. The minimum Gasteiger partial charge on any atom is -0.496 e. The van der Waals surface area contributed by atoms with Crippen molar-refractivity contribution in [2.75, 3.05) is 7.11 Å². The molecule has 0 aromatic heterocycles. The van der Waals surface area contributed by atoms with Gasteiger partial charge >= 0.3 is 5.97 Å². The number of aliphatic carboxylic acids is 1. The molecule has 0 aliphatic heterocycles. The Morgan fingerprint density at radius 2 is 1.95 bits per heavy atom. The summed E-state index contributed by atoms with van der Waals surface area (Å²) in [5.41, 5.74) is 0.344. The van der Waals surface area contributed by atoms with Crippen LogP contribution in [0.1, 0.15) is 44.1 Å². The minimum atomic E-state index is -0.665. The Hall–Kier alpha value is -1.03. The van der Waals surface area contributed by atoms with Gasteiger partial charge in [0, 0.05) is 4.47 Å². The van der Waals surface area contributed by atoms with Crippen LogP contribution in [0.2, 0.25) is 0 Å². The van der Waals surface area contributed by atoms with Crippen LogP contribution >= 0.6 is 15.9 Å². The number of carboxylic acid groups (broad SMARTS) is 1. The second-order valence-electron chi connectivity index (χ2n) is 5.63. The third-order valence-electron chi connectivity index (χ3n) is 4.29. The molecule has 0 saturated heterocycles. The van der Waals surface area contributed by atoms with Crippen molar-refractivity contribution in [2.24, 2.45) is 5.41 Å². The Labute approximate surface area is 128 Å². The smallest absolute Gasteiger partial charge is 0.309 e. The zero-order valence-electron chi connectivity index (χ0n) is 11.8. The number of benzene rings is 1. The highest BCUT2D eigenvalue weighted by Gasteiger charge is 2.39. The molecule has 1 aliphatic rings. The van der Waals surface area contributed by atoms with Gasteiger partial charge in [0.2, 0.25) is 0 Å². The third-order valence-corrected chi connectivity index (χ3v) is 4.78. The summed E-state index contributed by atoms with van der Waals surface area (Å²) in [5, 5.41) is 9.76. The lowest BCUT2D eigenvalue weighted by Crippen LogP contribution is -2.33. The van der Waals surface area contributed by atoms with Crippen molar-refractivity contribution in [2.45, 2.75) is 44.9 Å². The number of methoxy groups -OCH3 is 1. The average molecular weight is 341 g/mol. The topological polar surface area (TPSA) is 46.5 Å². The Balaban J connectivity index is 2.32. The first-order valence-electron chi connectivity index (χ1n) is 7.13. The largest absolute Gasteiger partial charge is 0.496 e. The summed E-state index contributed by atoms with van der Waals surface area (Å²) >= 11 is 3.46. The lowest BCUT2D eigenvalue weighted by Gasteiger charge is -2.28. The van der Waals surface area contributed by atoms with E-state index in [4.69, 9.17) is 4.74 Å². The standard InChI is InChI=1S/C16H21BrO3/c1-20-14-7-6-13(17)10-12(14)11-16(15(18)19)8-4-2-3-5-9-16/h6-7,10H,2-5,8-9,11H2,1H3,(H,18,19). The highest BCUT2D eigenvalue weighted by molar-refractivity contribution is 9.10. The molecule has 0 bridgehead atoms. The van der Waals surface area contributed by atoms with Gasteiger partial charge in [-0.1, -0.05) is 41.6 Å². The molecule has 4 heteroatoms. The molecule has 1 aromatic carbocycles. The molecule has 1 aliphatic carbocycles. The fourth-order valence-electron chi connectivity index (χ4n) is 3.12. The molecule has 3 nitrogen and oxygen atoms in total. The molecular weight excluding hydrogens is 320 g/mol. The van der Waals surface area contributed by atoms with E-state index in [1.54, 1.807) is 7.11 Å². The highest BCUT2D eigenvalue weighted by Crippen LogP contribution is 2.40. The maximum atomic E-state index is 11.9. The second kappa shape index (κ2) is 6.61. The predicted molar refractivity (Wildman–Crippen MR) is 82.2 cm³/mol. The van der Waals surface area contributed by atoms with Gasteiger partial charge in [-0.2, -0.15) is 0 Å². The molecule has 20 heavy (non-hydrogen) atoms. The summed E-state index contributed by atoms with van der Waals surface area (Å²) in [5.74, 6) is 0.111. The number of carboxylic acids is 1. The normalized spacial score (nSPS) is 18.3. The lowest BCUT2D eigenvalue weighted by atomic mass is 9.75. The molecule has 0 unspecified atom stereocenters. The SMILES string of the molecule is COc1ccc(Br)cc1CC1(C(=O)O)CCCCCC1. The van der Waals surface area contributed by atoms with Gasteiger partial charge in [0.15, 0.2) is 0 Å². The Morgan fingerprint density at radius 1 is 1.30 bits per heavy atom. The molecule has 110 valence electrons. The van der Waals surface area contributed by atoms with Crippen LogP contribution in [0, 0.1) is 5.41 Å². The van der Waals surface area contributed by atoms with Gasteiger partial charge in [-0.25, -0.2) is 0 Å². The van der Waals surface area contributed by atoms with E-state index < -0.39 is 11.4 Å². The Morgan fingerprint density at radius 3 is 2.50 bits per heavy atom. The van der Waals surface area contributed by atoms with Crippen LogP contribution in [-0.2, 0) is 11.2 Å². The zero-order chi connectivity index (χ0) is 14.6. The van der Waals surface area contributed by atoms with Crippen LogP contribution in [0.5, 0.6) is 5.75 Å². The Kier molecular flexibility index (Phi) is 5.08. The molecule has 0 heterocycles. The van der Waals surface area contributed by atoms with Crippen LogP contribution in [0.25, 0.3) is 0 Å². The van der Waals surface area contributed by atoms with Gasteiger partial charge in [0.05, 0.1) is 12.5 Å². The van der Waals surface area contributed by atoms with Gasteiger partial charge in [-0.05, 0) is 43.0 Å².